The molecule has 0 fully saturated rings. The molecule has 0 bridgehead atoms. The summed E-state index contributed by atoms with van der Waals surface area (Å²) < 4.78 is 0. The van der Waals surface area contributed by atoms with Crippen molar-refractivity contribution in [1.29, 1.82) is 0 Å². The van der Waals surface area contributed by atoms with Gasteiger partial charge in [-0.1, -0.05) is 31.6 Å². The summed E-state index contributed by atoms with van der Waals surface area (Å²) in [6.07, 6.45) is 7.40. The third-order valence-electron chi connectivity index (χ3n) is 3.10. The normalized spacial score (nSPS) is 15.8. The van der Waals surface area contributed by atoms with Crippen LogP contribution < -0.4 is 0 Å². The Labute approximate surface area is 105 Å². The Kier molecular flexibility index (Phi) is 6.86. The van der Waals surface area contributed by atoms with Crippen LogP contribution in [0.1, 0.15) is 53.4 Å². The van der Waals surface area contributed by atoms with Gasteiger partial charge >= 0.3 is 5.97 Å². The van der Waals surface area contributed by atoms with Crippen LogP contribution in [0.15, 0.2) is 24.3 Å². The summed E-state index contributed by atoms with van der Waals surface area (Å²) in [7, 11) is 0. The maximum atomic E-state index is 10.7. The molecule has 17 heavy (non-hydrogen) atoms. The minimum atomic E-state index is -0.715. The molecule has 0 saturated heterocycles. The summed E-state index contributed by atoms with van der Waals surface area (Å²) in [5.74, 6) is -0.518. The van der Waals surface area contributed by atoms with Gasteiger partial charge in [0.05, 0.1) is 0 Å². The molecule has 0 aliphatic heterocycles. The highest BCUT2D eigenvalue weighted by Gasteiger charge is 2.23. The van der Waals surface area contributed by atoms with Crippen LogP contribution in [0.3, 0.4) is 0 Å². The van der Waals surface area contributed by atoms with Crippen molar-refractivity contribution in [2.24, 2.45) is 11.3 Å². The Hall–Kier alpha value is -1.05. The summed E-state index contributed by atoms with van der Waals surface area (Å²) >= 11 is 0. The summed E-state index contributed by atoms with van der Waals surface area (Å²) in [6.45, 7) is 12.2. The Morgan fingerprint density at radius 1 is 1.47 bits per heavy atom. The van der Waals surface area contributed by atoms with Crippen molar-refractivity contribution in [2.75, 3.05) is 0 Å². The molecular weight excluding hydrogens is 212 g/mol. The lowest BCUT2D eigenvalue weighted by molar-refractivity contribution is -0.138. The third-order valence-corrected chi connectivity index (χ3v) is 3.10. The van der Waals surface area contributed by atoms with Crippen LogP contribution in [0.5, 0.6) is 0 Å². The smallest absolute Gasteiger partial charge is 0.303 e. The number of allylic oxidation sites excluding steroid dienone is 3. The maximum Gasteiger partial charge on any atom is 0.303 e. The lowest BCUT2D eigenvalue weighted by Gasteiger charge is -2.28. The zero-order valence-electron chi connectivity index (χ0n) is 11.6. The zero-order valence-corrected chi connectivity index (χ0v) is 11.6. The van der Waals surface area contributed by atoms with Gasteiger partial charge in [-0.05, 0) is 44.4 Å². The van der Waals surface area contributed by atoms with Gasteiger partial charge in [0.15, 0.2) is 0 Å². The van der Waals surface area contributed by atoms with Gasteiger partial charge in [0.2, 0.25) is 0 Å². The van der Waals surface area contributed by atoms with E-state index in [2.05, 4.69) is 33.4 Å². The number of carbonyl (C=O) groups is 1. The fourth-order valence-electron chi connectivity index (χ4n) is 2.14. The largest absolute Gasteiger partial charge is 0.481 e. The van der Waals surface area contributed by atoms with Crippen molar-refractivity contribution in [2.45, 2.75) is 53.4 Å². The second-order valence-electron chi connectivity index (χ2n) is 5.59. The Balaban J connectivity index is 4.31. The first kappa shape index (κ1) is 16.0. The molecule has 1 N–H and O–H groups in total. The van der Waals surface area contributed by atoms with E-state index in [9.17, 15) is 4.79 Å². The topological polar surface area (TPSA) is 37.3 Å². The van der Waals surface area contributed by atoms with Crippen LogP contribution in [-0.4, -0.2) is 11.1 Å². The highest BCUT2D eigenvalue weighted by atomic mass is 16.4. The van der Waals surface area contributed by atoms with Crippen LogP contribution in [0.4, 0.5) is 0 Å². The lowest BCUT2D eigenvalue weighted by Crippen LogP contribution is -2.18. The number of hydrogen-bond donors (Lipinski definition) is 1. The summed E-state index contributed by atoms with van der Waals surface area (Å²) in [5, 5.41) is 8.77. The Morgan fingerprint density at radius 3 is 2.47 bits per heavy atom. The van der Waals surface area contributed by atoms with Crippen molar-refractivity contribution in [3.63, 3.8) is 0 Å². The molecule has 0 aromatic rings. The molecule has 98 valence electrons. The van der Waals surface area contributed by atoms with Crippen molar-refractivity contribution in [3.8, 4) is 0 Å². The van der Waals surface area contributed by atoms with Gasteiger partial charge in [0.1, 0.15) is 0 Å². The highest BCUT2D eigenvalue weighted by Crippen LogP contribution is 2.33. The van der Waals surface area contributed by atoms with Gasteiger partial charge in [-0.2, -0.15) is 0 Å². The molecule has 0 aliphatic rings. The van der Waals surface area contributed by atoms with Crippen LogP contribution in [0, 0.1) is 11.3 Å². The fourth-order valence-corrected chi connectivity index (χ4v) is 2.14. The second kappa shape index (κ2) is 7.31. The van der Waals surface area contributed by atoms with Crippen LogP contribution in [-0.2, 0) is 4.79 Å². The van der Waals surface area contributed by atoms with E-state index in [0.29, 0.717) is 0 Å². The molecule has 0 radical (unpaired) electrons. The summed E-state index contributed by atoms with van der Waals surface area (Å²) in [5.41, 5.74) is 1.37. The third kappa shape index (κ3) is 7.78. The molecule has 0 spiro atoms. The molecule has 2 atom stereocenters. The van der Waals surface area contributed by atoms with Gasteiger partial charge in [0.25, 0.3) is 0 Å². The first-order chi connectivity index (χ1) is 7.79. The molecule has 0 heterocycles. The number of carboxylic acids is 1. The molecule has 0 saturated carbocycles. The molecule has 0 aliphatic carbocycles. The van der Waals surface area contributed by atoms with Crippen molar-refractivity contribution in [1.82, 2.24) is 0 Å². The minimum Gasteiger partial charge on any atom is -0.481 e. The highest BCUT2D eigenvalue weighted by molar-refractivity contribution is 5.66. The van der Waals surface area contributed by atoms with E-state index >= 15 is 0 Å². The quantitative estimate of drug-likeness (QED) is 0.635. The summed E-state index contributed by atoms with van der Waals surface area (Å²) in [6, 6.07) is 0. The first-order valence-electron chi connectivity index (χ1n) is 6.28. The predicted molar refractivity (Wildman–Crippen MR) is 73.0 cm³/mol. The van der Waals surface area contributed by atoms with Crippen LogP contribution in [0.2, 0.25) is 0 Å². The molecule has 0 aromatic heterocycles. The molecule has 0 amide bonds. The second-order valence-corrected chi connectivity index (χ2v) is 5.59. The fraction of sp³-hybridized carbons (Fsp3) is 0.667. The summed E-state index contributed by atoms with van der Waals surface area (Å²) in [4.78, 5) is 10.7. The van der Waals surface area contributed by atoms with Gasteiger partial charge in [-0.3, -0.25) is 4.79 Å². The van der Waals surface area contributed by atoms with E-state index in [1.807, 2.05) is 13.0 Å². The van der Waals surface area contributed by atoms with Gasteiger partial charge < -0.3 is 5.11 Å². The van der Waals surface area contributed by atoms with Crippen molar-refractivity contribution >= 4 is 5.97 Å². The van der Waals surface area contributed by atoms with E-state index in [1.165, 1.54) is 5.57 Å². The molecular formula is C15H26O2. The average molecular weight is 238 g/mol. The number of rotatable bonds is 8. The molecule has 2 nitrogen and oxygen atoms in total. The minimum absolute atomic E-state index is 0.0425. The number of carboxylic acid groups (broad SMARTS) is 1. The zero-order chi connectivity index (χ0) is 13.5. The Bertz CT molecular complexity index is 287. The van der Waals surface area contributed by atoms with E-state index in [4.69, 9.17) is 5.11 Å². The SMILES string of the molecule is C=CC(C)(CCC=C(C)C)CC(C)CC(=O)O. The van der Waals surface area contributed by atoms with Crippen LogP contribution >= 0.6 is 0 Å². The van der Waals surface area contributed by atoms with Crippen LogP contribution in [0.25, 0.3) is 0 Å². The van der Waals surface area contributed by atoms with E-state index < -0.39 is 5.97 Å². The number of aliphatic carboxylic acids is 1. The molecule has 0 aromatic carbocycles. The average Bonchev–Trinajstić information content (AvgIpc) is 2.15. The van der Waals surface area contributed by atoms with Gasteiger partial charge in [-0.15, -0.1) is 6.58 Å². The molecule has 2 heteroatoms. The standard InChI is InChI=1S/C15H26O2/c1-6-15(5,9-7-8-12(2)3)11-13(4)10-14(16)17/h6,8,13H,1,7,9-11H2,2-5H3,(H,16,17). The predicted octanol–water partition coefficient (Wildman–Crippen LogP) is 4.43. The van der Waals surface area contributed by atoms with Gasteiger partial charge in [-0.25, -0.2) is 0 Å². The molecule has 0 rings (SSSR count). The first-order valence-corrected chi connectivity index (χ1v) is 6.28. The van der Waals surface area contributed by atoms with E-state index in [0.717, 1.165) is 19.3 Å². The van der Waals surface area contributed by atoms with Crippen molar-refractivity contribution < 1.29 is 9.90 Å². The Morgan fingerprint density at radius 2 is 2.06 bits per heavy atom. The van der Waals surface area contributed by atoms with E-state index in [1.54, 1.807) is 0 Å². The van der Waals surface area contributed by atoms with Gasteiger partial charge in [0, 0.05) is 6.42 Å². The van der Waals surface area contributed by atoms with E-state index in [-0.39, 0.29) is 17.8 Å². The monoisotopic (exact) mass is 238 g/mol. The van der Waals surface area contributed by atoms with Crippen molar-refractivity contribution in [3.05, 3.63) is 24.3 Å². The lowest BCUT2D eigenvalue weighted by atomic mass is 9.77. The number of hydrogen-bond acceptors (Lipinski definition) is 1. The maximum absolute atomic E-state index is 10.7. The molecule has 2 unspecified atom stereocenters.